The zero-order valence-corrected chi connectivity index (χ0v) is 66.4. The fourth-order valence-electron chi connectivity index (χ4n) is 12.4. The van der Waals surface area contributed by atoms with Crippen LogP contribution in [0.15, 0.2) is 0 Å². The van der Waals surface area contributed by atoms with Crippen molar-refractivity contribution in [2.75, 3.05) is 39.6 Å². The summed E-state index contributed by atoms with van der Waals surface area (Å²) in [5.74, 6) is -1.36. The van der Waals surface area contributed by atoms with Crippen molar-refractivity contribution in [3.8, 4) is 0 Å². The lowest BCUT2D eigenvalue weighted by Crippen LogP contribution is -2.30. The molecule has 3 N–H and O–H groups in total. The summed E-state index contributed by atoms with van der Waals surface area (Å²) < 4.78 is 68.6. The second-order valence-electron chi connectivity index (χ2n) is 29.3. The van der Waals surface area contributed by atoms with E-state index in [0.717, 1.165) is 95.8 Å². The fourth-order valence-corrected chi connectivity index (χ4v) is 14.0. The van der Waals surface area contributed by atoms with E-state index in [0.29, 0.717) is 25.7 Å². The highest BCUT2D eigenvalue weighted by Crippen LogP contribution is 2.45. The minimum absolute atomic E-state index is 0.106. The Morgan fingerprint density at radius 1 is 0.273 bits per heavy atom. The van der Waals surface area contributed by atoms with Gasteiger partial charge in [0.25, 0.3) is 0 Å². The molecule has 0 aliphatic heterocycles. The number of esters is 4. The maximum absolute atomic E-state index is 13.1. The number of phosphoric acid groups is 2. The SMILES string of the molecule is CCCCCCCCCCCCCCCCCCCCCCCCC(=O)O[C@H](COC(=O)CCCCCCCCCCCCCCCCC)COP(=O)(O)OC[C@@H](O)COP(=O)(O)OC[C@@H](COC(=O)CCCCCCCCCCC)OC(=O)CCCCCCCCCCCCC(C)C. The number of carbonyl (C=O) groups excluding carboxylic acids is 4. The molecule has 0 aliphatic carbocycles. The minimum atomic E-state index is -4.96. The number of aliphatic hydroxyl groups excluding tert-OH is 1. The molecule has 0 amide bonds. The highest BCUT2D eigenvalue weighted by Gasteiger charge is 2.30. The summed E-state index contributed by atoms with van der Waals surface area (Å²) in [5, 5.41) is 10.6. The van der Waals surface area contributed by atoms with E-state index < -0.39 is 97.5 Å². The van der Waals surface area contributed by atoms with E-state index in [2.05, 4.69) is 34.6 Å². The van der Waals surface area contributed by atoms with Gasteiger partial charge in [-0.1, -0.05) is 375 Å². The summed E-state index contributed by atoms with van der Waals surface area (Å²) in [6, 6.07) is 0. The standard InChI is InChI=1S/C80H156O17P2/c1-6-9-12-15-18-21-23-25-27-28-29-30-31-32-33-35-37-39-45-50-55-60-65-79(84)96-76(70-91-78(83)64-59-54-49-44-38-36-34-26-24-22-19-16-13-10-7-2)72-95-99(88,89)93-68-74(81)67-92-98(86,87)94-71-75(69-90-77(82)63-58-53-48-42-20-17-14-11-8-3)97-80(85)66-61-56-51-46-41-40-43-47-52-57-62-73(4)5/h73-76,81H,6-72H2,1-5H3,(H,86,87)(H,88,89)/t74-,75+,76+/m0/s1. The molecule has 0 spiro atoms. The molecule has 0 radical (unpaired) electrons. The lowest BCUT2D eigenvalue weighted by atomic mass is 10.0. The van der Waals surface area contributed by atoms with Crippen LogP contribution in [-0.2, 0) is 65.4 Å². The van der Waals surface area contributed by atoms with Gasteiger partial charge in [0.05, 0.1) is 26.4 Å². The van der Waals surface area contributed by atoms with Crippen LogP contribution in [0.4, 0.5) is 0 Å². The fraction of sp³-hybridized carbons (Fsp3) is 0.950. The number of ether oxygens (including phenoxy) is 4. The second kappa shape index (κ2) is 73.0. The van der Waals surface area contributed by atoms with Crippen LogP contribution in [0.1, 0.15) is 426 Å². The van der Waals surface area contributed by atoms with Crippen molar-refractivity contribution >= 4 is 39.5 Å². The Bertz CT molecular complexity index is 1890. The number of hydrogen-bond acceptors (Lipinski definition) is 15. The third-order valence-electron chi connectivity index (χ3n) is 18.8. The molecule has 0 saturated carbocycles. The van der Waals surface area contributed by atoms with Crippen LogP contribution >= 0.6 is 15.6 Å². The van der Waals surface area contributed by atoms with Crippen LogP contribution in [0.2, 0.25) is 0 Å². The molecule has 99 heavy (non-hydrogen) atoms. The van der Waals surface area contributed by atoms with Gasteiger partial charge >= 0.3 is 39.5 Å². The van der Waals surface area contributed by atoms with Crippen molar-refractivity contribution in [3.05, 3.63) is 0 Å². The van der Waals surface area contributed by atoms with Gasteiger partial charge in [0, 0.05) is 25.7 Å². The number of carbonyl (C=O) groups is 4. The van der Waals surface area contributed by atoms with E-state index in [-0.39, 0.29) is 25.7 Å². The Labute approximate surface area is 607 Å². The van der Waals surface area contributed by atoms with Crippen LogP contribution in [0.3, 0.4) is 0 Å². The number of aliphatic hydroxyl groups is 1. The maximum atomic E-state index is 13.1. The Kier molecular flexibility index (Phi) is 71.6. The normalized spacial score (nSPS) is 13.9. The van der Waals surface area contributed by atoms with E-state index in [1.54, 1.807) is 0 Å². The largest absolute Gasteiger partial charge is 0.472 e. The lowest BCUT2D eigenvalue weighted by Gasteiger charge is -2.21. The molecule has 0 aromatic heterocycles. The van der Waals surface area contributed by atoms with Crippen molar-refractivity contribution < 1.29 is 80.2 Å². The van der Waals surface area contributed by atoms with Crippen LogP contribution in [0.5, 0.6) is 0 Å². The van der Waals surface area contributed by atoms with Crippen molar-refractivity contribution in [2.45, 2.75) is 445 Å². The molecular formula is C80H156O17P2. The van der Waals surface area contributed by atoms with Crippen LogP contribution in [0.25, 0.3) is 0 Å². The minimum Gasteiger partial charge on any atom is -0.462 e. The second-order valence-corrected chi connectivity index (χ2v) is 32.2. The zero-order chi connectivity index (χ0) is 72.7. The molecule has 0 fully saturated rings. The maximum Gasteiger partial charge on any atom is 0.472 e. The Balaban J connectivity index is 5.19. The summed E-state index contributed by atoms with van der Waals surface area (Å²) in [6.45, 7) is 7.29. The van der Waals surface area contributed by atoms with Gasteiger partial charge in [0.2, 0.25) is 0 Å². The molecule has 0 aromatic rings. The first kappa shape index (κ1) is 97.1. The first-order valence-electron chi connectivity index (χ1n) is 41.6. The van der Waals surface area contributed by atoms with E-state index in [1.165, 1.54) is 250 Å². The molecule has 588 valence electrons. The molecule has 0 heterocycles. The number of phosphoric ester groups is 2. The molecule has 2 unspecified atom stereocenters. The van der Waals surface area contributed by atoms with Gasteiger partial charge in [-0.25, -0.2) is 9.13 Å². The number of rotatable bonds is 80. The smallest absolute Gasteiger partial charge is 0.462 e. The average Bonchev–Trinajstić information content (AvgIpc) is 1.37. The third kappa shape index (κ3) is 74.1. The average molecular weight is 1450 g/mol. The molecule has 0 aliphatic rings. The van der Waals surface area contributed by atoms with E-state index in [4.69, 9.17) is 37.0 Å². The quantitative estimate of drug-likeness (QED) is 0.0222. The molecule has 17 nitrogen and oxygen atoms in total. The van der Waals surface area contributed by atoms with Gasteiger partial charge < -0.3 is 33.8 Å². The van der Waals surface area contributed by atoms with Gasteiger partial charge in [-0.05, 0) is 31.6 Å². The van der Waals surface area contributed by atoms with Crippen molar-refractivity contribution in [1.29, 1.82) is 0 Å². The van der Waals surface area contributed by atoms with Crippen LogP contribution < -0.4 is 0 Å². The predicted molar refractivity (Wildman–Crippen MR) is 405 cm³/mol. The first-order valence-corrected chi connectivity index (χ1v) is 44.6. The molecule has 0 aromatic carbocycles. The molecule has 19 heteroatoms. The van der Waals surface area contributed by atoms with E-state index >= 15 is 0 Å². The zero-order valence-electron chi connectivity index (χ0n) is 64.6. The van der Waals surface area contributed by atoms with Gasteiger partial charge in [-0.3, -0.25) is 37.3 Å². The van der Waals surface area contributed by atoms with Gasteiger partial charge in [0.1, 0.15) is 19.3 Å². The number of hydrogen-bond donors (Lipinski definition) is 3. The summed E-state index contributed by atoms with van der Waals surface area (Å²) >= 11 is 0. The van der Waals surface area contributed by atoms with Gasteiger partial charge in [-0.15, -0.1) is 0 Å². The highest BCUT2D eigenvalue weighted by molar-refractivity contribution is 7.47. The van der Waals surface area contributed by atoms with Crippen LogP contribution in [-0.4, -0.2) is 96.7 Å². The Hall–Kier alpha value is -1.94. The molecule has 5 atom stereocenters. The third-order valence-corrected chi connectivity index (χ3v) is 20.7. The predicted octanol–water partition coefficient (Wildman–Crippen LogP) is 24.0. The topological polar surface area (TPSA) is 237 Å². The molecule has 0 rings (SSSR count). The van der Waals surface area contributed by atoms with Gasteiger partial charge in [-0.2, -0.15) is 0 Å². The monoisotopic (exact) mass is 1450 g/mol. The summed E-state index contributed by atoms with van der Waals surface area (Å²) in [7, 11) is -9.91. The summed E-state index contributed by atoms with van der Waals surface area (Å²) in [6.07, 6.45) is 63.9. The van der Waals surface area contributed by atoms with E-state index in [1.807, 2.05) is 0 Å². The van der Waals surface area contributed by atoms with Crippen molar-refractivity contribution in [2.24, 2.45) is 5.92 Å². The Morgan fingerprint density at radius 2 is 0.465 bits per heavy atom. The Morgan fingerprint density at radius 3 is 0.687 bits per heavy atom. The van der Waals surface area contributed by atoms with Gasteiger partial charge in [0.15, 0.2) is 12.2 Å². The van der Waals surface area contributed by atoms with Crippen molar-refractivity contribution in [3.63, 3.8) is 0 Å². The molecular weight excluding hydrogens is 1290 g/mol. The lowest BCUT2D eigenvalue weighted by molar-refractivity contribution is -0.161. The molecule has 0 bridgehead atoms. The molecule has 0 saturated heterocycles. The van der Waals surface area contributed by atoms with E-state index in [9.17, 15) is 43.2 Å². The highest BCUT2D eigenvalue weighted by atomic mass is 31.2. The summed E-state index contributed by atoms with van der Waals surface area (Å²) in [5.41, 5.74) is 0. The van der Waals surface area contributed by atoms with Crippen LogP contribution in [0, 0.1) is 5.92 Å². The number of unbranched alkanes of at least 4 members (excludes halogenated alkanes) is 52. The first-order chi connectivity index (χ1) is 48.0. The van der Waals surface area contributed by atoms with Crippen molar-refractivity contribution in [1.82, 2.24) is 0 Å². The summed E-state index contributed by atoms with van der Waals surface area (Å²) in [4.78, 5) is 72.9.